The molecule has 0 unspecified atom stereocenters. The molecule has 0 bridgehead atoms. The number of nitrogens with one attached hydrogen (secondary N) is 3. The molecule has 0 radical (unpaired) electrons. The molecular weight excluding hydrogens is 386 g/mol. The van der Waals surface area contributed by atoms with E-state index in [0.717, 1.165) is 62.9 Å². The number of anilines is 2. The maximum atomic E-state index is 12.3. The number of hydrogen-bond donors (Lipinski definition) is 3. The third kappa shape index (κ3) is 7.97. The molecule has 0 aliphatic heterocycles. The van der Waals surface area contributed by atoms with Gasteiger partial charge in [0.2, 0.25) is 15.9 Å². The topological polar surface area (TPSA) is 87.3 Å². The van der Waals surface area contributed by atoms with Crippen LogP contribution in [0.5, 0.6) is 0 Å². The minimum Gasteiger partial charge on any atom is -0.385 e. The van der Waals surface area contributed by atoms with Crippen LogP contribution >= 0.6 is 0 Å². The summed E-state index contributed by atoms with van der Waals surface area (Å²) in [4.78, 5) is 12.3. The smallest absolute Gasteiger partial charge is 0.227 e. The first-order valence-electron chi connectivity index (χ1n) is 10.8. The fourth-order valence-electron chi connectivity index (χ4n) is 3.36. The molecule has 1 fully saturated rings. The summed E-state index contributed by atoms with van der Waals surface area (Å²) in [6.07, 6.45) is 8.31. The van der Waals surface area contributed by atoms with E-state index in [1.807, 2.05) is 24.3 Å². The zero-order chi connectivity index (χ0) is 21.3. The highest BCUT2D eigenvalue weighted by molar-refractivity contribution is 7.90. The van der Waals surface area contributed by atoms with Gasteiger partial charge in [-0.2, -0.15) is 0 Å². The molecule has 29 heavy (non-hydrogen) atoms. The Kier molecular flexibility index (Phi) is 8.96. The molecule has 1 aliphatic carbocycles. The lowest BCUT2D eigenvalue weighted by atomic mass is 9.88. The Morgan fingerprint density at radius 2 is 1.52 bits per heavy atom. The number of unbranched alkanes of at least 4 members (excludes halogenated alkanes) is 2. The molecule has 1 aromatic rings. The molecule has 1 aliphatic rings. The van der Waals surface area contributed by atoms with Gasteiger partial charge in [-0.3, -0.25) is 4.79 Å². The number of carbonyl (C=O) groups excluding carboxylic acids is 1. The molecule has 0 aromatic heterocycles. The van der Waals surface area contributed by atoms with Gasteiger partial charge in [0.05, 0.1) is 4.75 Å². The highest BCUT2D eigenvalue weighted by Crippen LogP contribution is 2.25. The van der Waals surface area contributed by atoms with E-state index in [9.17, 15) is 13.2 Å². The van der Waals surface area contributed by atoms with Gasteiger partial charge < -0.3 is 10.6 Å². The van der Waals surface area contributed by atoms with Crippen molar-refractivity contribution in [3.63, 3.8) is 0 Å². The first-order chi connectivity index (χ1) is 13.7. The standard InChI is InChI=1S/C22H37N3O3S/c1-22(2,3)29(27,28)24-17-9-5-8-16-23-19-12-14-20(15-13-19)25-21(26)18-10-6-4-7-11-18/h12-15,18,23-24H,4-11,16-17H2,1-3H3,(H,25,26). The van der Waals surface area contributed by atoms with E-state index in [2.05, 4.69) is 15.4 Å². The molecule has 0 heterocycles. The van der Waals surface area contributed by atoms with Crippen LogP contribution in [0.25, 0.3) is 0 Å². The van der Waals surface area contributed by atoms with E-state index in [0.29, 0.717) is 6.54 Å². The van der Waals surface area contributed by atoms with Crippen molar-refractivity contribution >= 4 is 27.3 Å². The van der Waals surface area contributed by atoms with Crippen molar-refractivity contribution in [3.8, 4) is 0 Å². The van der Waals surface area contributed by atoms with E-state index in [4.69, 9.17) is 0 Å². The quantitative estimate of drug-likeness (QED) is 0.483. The van der Waals surface area contributed by atoms with Gasteiger partial charge in [-0.05, 0) is 70.7 Å². The van der Waals surface area contributed by atoms with Gasteiger partial charge >= 0.3 is 0 Å². The SMILES string of the molecule is CC(C)(C)S(=O)(=O)NCCCCCNc1ccc(NC(=O)C2CCCCC2)cc1. The van der Waals surface area contributed by atoms with Crippen molar-refractivity contribution in [1.82, 2.24) is 4.72 Å². The number of carbonyl (C=O) groups is 1. The Labute approximate surface area is 176 Å². The lowest BCUT2D eigenvalue weighted by molar-refractivity contribution is -0.120. The molecule has 6 nitrogen and oxygen atoms in total. The molecule has 1 amide bonds. The molecule has 7 heteroatoms. The summed E-state index contributed by atoms with van der Waals surface area (Å²) in [6.45, 7) is 6.42. The van der Waals surface area contributed by atoms with Gasteiger partial charge in [-0.25, -0.2) is 13.1 Å². The normalized spacial score (nSPS) is 15.8. The van der Waals surface area contributed by atoms with Crippen LogP contribution in [0.3, 0.4) is 0 Å². The molecule has 1 aromatic carbocycles. The third-order valence-corrected chi connectivity index (χ3v) is 7.61. The first-order valence-corrected chi connectivity index (χ1v) is 12.3. The second-order valence-electron chi connectivity index (χ2n) is 8.90. The summed E-state index contributed by atoms with van der Waals surface area (Å²) in [5.41, 5.74) is 1.87. The number of benzene rings is 1. The van der Waals surface area contributed by atoms with Gasteiger partial charge in [0, 0.05) is 30.4 Å². The van der Waals surface area contributed by atoms with Crippen molar-refractivity contribution in [3.05, 3.63) is 24.3 Å². The van der Waals surface area contributed by atoms with Gasteiger partial charge in [0.25, 0.3) is 0 Å². The molecule has 0 spiro atoms. The number of rotatable bonds is 10. The van der Waals surface area contributed by atoms with Crippen LogP contribution in [0.15, 0.2) is 24.3 Å². The molecule has 0 saturated heterocycles. The molecule has 3 N–H and O–H groups in total. The Hall–Kier alpha value is -1.60. The Morgan fingerprint density at radius 1 is 0.931 bits per heavy atom. The Bertz CT molecular complexity index is 734. The number of amides is 1. The molecule has 164 valence electrons. The van der Waals surface area contributed by atoms with Crippen molar-refractivity contribution in [2.24, 2.45) is 5.92 Å². The molecule has 0 atom stereocenters. The predicted molar refractivity (Wildman–Crippen MR) is 121 cm³/mol. The van der Waals surface area contributed by atoms with Crippen LogP contribution in [0.2, 0.25) is 0 Å². The van der Waals surface area contributed by atoms with Crippen LogP contribution in [0, 0.1) is 5.92 Å². The van der Waals surface area contributed by atoms with E-state index < -0.39 is 14.8 Å². The zero-order valence-electron chi connectivity index (χ0n) is 18.1. The molecular formula is C22H37N3O3S. The van der Waals surface area contributed by atoms with Crippen LogP contribution in [-0.2, 0) is 14.8 Å². The Morgan fingerprint density at radius 3 is 2.14 bits per heavy atom. The van der Waals surface area contributed by atoms with Gasteiger partial charge in [0.15, 0.2) is 0 Å². The minimum absolute atomic E-state index is 0.146. The predicted octanol–water partition coefficient (Wildman–Crippen LogP) is 4.51. The van der Waals surface area contributed by atoms with Crippen molar-refractivity contribution < 1.29 is 13.2 Å². The van der Waals surface area contributed by atoms with E-state index in [1.54, 1.807) is 20.8 Å². The molecule has 2 rings (SSSR count). The van der Waals surface area contributed by atoms with Crippen LogP contribution in [0.4, 0.5) is 11.4 Å². The maximum absolute atomic E-state index is 12.3. The lowest BCUT2D eigenvalue weighted by Gasteiger charge is -2.20. The fourth-order valence-corrected chi connectivity index (χ4v) is 4.21. The summed E-state index contributed by atoms with van der Waals surface area (Å²) in [7, 11) is -3.25. The van der Waals surface area contributed by atoms with Crippen molar-refractivity contribution in [2.45, 2.75) is 76.9 Å². The van der Waals surface area contributed by atoms with Crippen LogP contribution in [0.1, 0.15) is 72.1 Å². The summed E-state index contributed by atoms with van der Waals surface area (Å²) < 4.78 is 25.8. The minimum atomic E-state index is -3.25. The van der Waals surface area contributed by atoms with E-state index in [-0.39, 0.29) is 11.8 Å². The van der Waals surface area contributed by atoms with Crippen LogP contribution < -0.4 is 15.4 Å². The van der Waals surface area contributed by atoms with Crippen molar-refractivity contribution in [2.75, 3.05) is 23.7 Å². The summed E-state index contributed by atoms with van der Waals surface area (Å²) in [6, 6.07) is 7.83. The Balaban J connectivity index is 1.61. The zero-order valence-corrected chi connectivity index (χ0v) is 18.9. The molecule has 1 saturated carbocycles. The van der Waals surface area contributed by atoms with Crippen molar-refractivity contribution in [1.29, 1.82) is 0 Å². The monoisotopic (exact) mass is 423 g/mol. The first kappa shape index (κ1) is 23.7. The fraction of sp³-hybridized carbons (Fsp3) is 0.682. The van der Waals surface area contributed by atoms with Gasteiger partial charge in [0.1, 0.15) is 0 Å². The second-order valence-corrected chi connectivity index (χ2v) is 11.4. The highest BCUT2D eigenvalue weighted by atomic mass is 32.2. The van der Waals surface area contributed by atoms with Crippen LogP contribution in [-0.4, -0.2) is 32.2 Å². The summed E-state index contributed by atoms with van der Waals surface area (Å²) >= 11 is 0. The average molecular weight is 424 g/mol. The second kappa shape index (κ2) is 11.0. The average Bonchev–Trinajstić information content (AvgIpc) is 2.68. The van der Waals surface area contributed by atoms with Gasteiger partial charge in [-0.15, -0.1) is 0 Å². The lowest BCUT2D eigenvalue weighted by Crippen LogP contribution is -2.39. The maximum Gasteiger partial charge on any atom is 0.227 e. The van der Waals surface area contributed by atoms with Gasteiger partial charge in [-0.1, -0.05) is 25.7 Å². The summed E-state index contributed by atoms with van der Waals surface area (Å²) in [5, 5.41) is 6.40. The van der Waals surface area contributed by atoms with E-state index in [1.165, 1.54) is 6.42 Å². The van der Waals surface area contributed by atoms with E-state index >= 15 is 0 Å². The number of hydrogen-bond acceptors (Lipinski definition) is 4. The highest BCUT2D eigenvalue weighted by Gasteiger charge is 2.27. The summed E-state index contributed by atoms with van der Waals surface area (Å²) in [5.74, 6) is 0.307. The third-order valence-electron chi connectivity index (χ3n) is 5.41. The largest absolute Gasteiger partial charge is 0.385 e. The number of sulfonamides is 1.